The molecule has 2 fully saturated rings. The van der Waals surface area contributed by atoms with Gasteiger partial charge in [0.15, 0.2) is 5.65 Å². The molecule has 3 aromatic rings. The predicted molar refractivity (Wildman–Crippen MR) is 109 cm³/mol. The summed E-state index contributed by atoms with van der Waals surface area (Å²) in [5.74, 6) is 0.764. The van der Waals surface area contributed by atoms with E-state index in [-0.39, 0.29) is 5.82 Å². The lowest BCUT2D eigenvalue weighted by molar-refractivity contribution is 0.332. The smallest absolute Gasteiger partial charge is 0.165 e. The van der Waals surface area contributed by atoms with Crippen molar-refractivity contribution in [1.29, 1.82) is 0 Å². The first-order valence-corrected chi connectivity index (χ1v) is 9.89. The van der Waals surface area contributed by atoms with Gasteiger partial charge < -0.3 is 15.0 Å². The number of nitrogens with one attached hydrogen (secondary N) is 1. The topological polar surface area (TPSA) is 54.7 Å². The van der Waals surface area contributed by atoms with Crippen LogP contribution < -0.4 is 10.1 Å². The minimum absolute atomic E-state index is 0.351. The Hall–Kier alpha value is -3.11. The number of ether oxygens (including phenoxy) is 1. The zero-order valence-electron chi connectivity index (χ0n) is 16.1. The van der Waals surface area contributed by atoms with Gasteiger partial charge in [0.2, 0.25) is 0 Å². The number of likely N-dealkylation sites (tertiary alicyclic amines) is 1. The third kappa shape index (κ3) is 3.52. The molecule has 0 radical (unpaired) electrons. The van der Waals surface area contributed by atoms with Gasteiger partial charge in [-0.3, -0.25) is 0 Å². The van der Waals surface area contributed by atoms with Crippen LogP contribution in [0.1, 0.15) is 19.3 Å². The first kappa shape index (κ1) is 18.0. The number of aromatic nitrogens is 3. The second-order valence-electron chi connectivity index (χ2n) is 7.95. The van der Waals surface area contributed by atoms with Gasteiger partial charge >= 0.3 is 0 Å². The van der Waals surface area contributed by atoms with Crippen molar-refractivity contribution in [3.05, 3.63) is 42.5 Å². The van der Waals surface area contributed by atoms with Crippen LogP contribution in [0.3, 0.4) is 0 Å². The fourth-order valence-electron chi connectivity index (χ4n) is 4.15. The summed E-state index contributed by atoms with van der Waals surface area (Å²) in [5, 5.41) is 7.68. The van der Waals surface area contributed by atoms with Crippen LogP contribution in [0, 0.1) is 23.8 Å². The Balaban J connectivity index is 1.34. The molecule has 1 aromatic carbocycles. The molecular formula is C22H22FN5O. The molecule has 0 unspecified atom stereocenters. The van der Waals surface area contributed by atoms with Crippen LogP contribution in [0.2, 0.25) is 0 Å². The van der Waals surface area contributed by atoms with Crippen molar-refractivity contribution < 1.29 is 9.13 Å². The second-order valence-corrected chi connectivity index (χ2v) is 7.95. The van der Waals surface area contributed by atoms with Crippen LogP contribution in [0.5, 0.6) is 5.75 Å². The van der Waals surface area contributed by atoms with Crippen molar-refractivity contribution in [3.8, 4) is 29.4 Å². The van der Waals surface area contributed by atoms with Gasteiger partial charge in [-0.25, -0.2) is 13.9 Å². The van der Waals surface area contributed by atoms with Crippen molar-refractivity contribution in [1.82, 2.24) is 19.5 Å². The SMILES string of the molecule is C#COc1ccc(F)c(-c2cnn3ccc(NCCN4CCC5(CC5)C4)nc23)c1. The molecule has 5 rings (SSSR count). The van der Waals surface area contributed by atoms with Crippen LogP contribution in [0.25, 0.3) is 16.8 Å². The molecule has 0 bridgehead atoms. The number of halogens is 1. The summed E-state index contributed by atoms with van der Waals surface area (Å²) in [6.45, 7) is 4.24. The number of nitrogens with zero attached hydrogens (tertiary/aromatic N) is 4. The quantitative estimate of drug-likeness (QED) is 0.653. The Bertz CT molecular complexity index is 1100. The fraction of sp³-hybridized carbons (Fsp3) is 0.364. The summed E-state index contributed by atoms with van der Waals surface area (Å²) in [5.41, 5.74) is 2.16. The molecule has 2 aliphatic rings. The molecule has 1 spiro atoms. The Morgan fingerprint density at radius 2 is 2.14 bits per heavy atom. The molecule has 0 amide bonds. The molecule has 29 heavy (non-hydrogen) atoms. The Morgan fingerprint density at radius 1 is 1.24 bits per heavy atom. The molecule has 2 aromatic heterocycles. The molecule has 1 aliphatic carbocycles. The Kier molecular flexibility index (Phi) is 4.36. The predicted octanol–water partition coefficient (Wildman–Crippen LogP) is 3.40. The summed E-state index contributed by atoms with van der Waals surface area (Å²) in [4.78, 5) is 7.18. The van der Waals surface area contributed by atoms with Gasteiger partial charge in [0.05, 0.1) is 6.20 Å². The van der Waals surface area contributed by atoms with Crippen LogP contribution in [-0.2, 0) is 0 Å². The maximum atomic E-state index is 14.5. The van der Waals surface area contributed by atoms with Gasteiger partial charge in [-0.1, -0.05) is 6.42 Å². The van der Waals surface area contributed by atoms with Crippen molar-refractivity contribution in [2.75, 3.05) is 31.5 Å². The zero-order valence-corrected chi connectivity index (χ0v) is 16.1. The fourth-order valence-corrected chi connectivity index (χ4v) is 4.15. The van der Waals surface area contributed by atoms with Crippen molar-refractivity contribution >= 4 is 11.5 Å². The first-order valence-electron chi connectivity index (χ1n) is 9.89. The van der Waals surface area contributed by atoms with Crippen LogP contribution >= 0.6 is 0 Å². The molecule has 148 valence electrons. The first-order chi connectivity index (χ1) is 14.2. The zero-order chi connectivity index (χ0) is 19.8. The number of hydrogen-bond donors (Lipinski definition) is 1. The number of benzene rings is 1. The monoisotopic (exact) mass is 391 g/mol. The average Bonchev–Trinajstić information content (AvgIpc) is 3.17. The molecule has 3 heterocycles. The number of rotatable bonds is 6. The van der Waals surface area contributed by atoms with Crippen LogP contribution in [-0.4, -0.2) is 45.7 Å². The van der Waals surface area contributed by atoms with Crippen molar-refractivity contribution in [2.45, 2.75) is 19.3 Å². The van der Waals surface area contributed by atoms with Gasteiger partial charge in [-0.2, -0.15) is 5.10 Å². The number of fused-ring (bicyclic) bond motifs is 1. The highest BCUT2D eigenvalue weighted by atomic mass is 19.1. The Labute approximate surface area is 168 Å². The van der Waals surface area contributed by atoms with Gasteiger partial charge in [0, 0.05) is 37.0 Å². The molecule has 6 nitrogen and oxygen atoms in total. The summed E-state index contributed by atoms with van der Waals surface area (Å²) in [6, 6.07) is 6.27. The highest BCUT2D eigenvalue weighted by Gasteiger charge is 2.47. The van der Waals surface area contributed by atoms with E-state index in [0.717, 1.165) is 18.9 Å². The van der Waals surface area contributed by atoms with Crippen LogP contribution in [0.15, 0.2) is 36.7 Å². The van der Waals surface area contributed by atoms with E-state index in [4.69, 9.17) is 11.2 Å². The number of hydrogen-bond acceptors (Lipinski definition) is 5. The third-order valence-corrected chi connectivity index (χ3v) is 5.98. The largest absolute Gasteiger partial charge is 0.408 e. The molecule has 1 N–H and O–H groups in total. The highest BCUT2D eigenvalue weighted by Crippen LogP contribution is 2.52. The molecule has 1 saturated carbocycles. The molecule has 1 saturated heterocycles. The molecular weight excluding hydrogens is 369 g/mol. The van der Waals surface area contributed by atoms with E-state index in [1.54, 1.807) is 16.8 Å². The van der Waals surface area contributed by atoms with Gasteiger partial charge in [-0.05, 0) is 55.5 Å². The minimum atomic E-state index is -0.382. The summed E-state index contributed by atoms with van der Waals surface area (Å²) < 4.78 is 21.1. The molecule has 1 aliphatic heterocycles. The summed E-state index contributed by atoms with van der Waals surface area (Å²) >= 11 is 0. The van der Waals surface area contributed by atoms with E-state index in [0.29, 0.717) is 27.9 Å². The van der Waals surface area contributed by atoms with Gasteiger partial charge in [0.25, 0.3) is 0 Å². The Morgan fingerprint density at radius 3 is 2.93 bits per heavy atom. The van der Waals surface area contributed by atoms with E-state index < -0.39 is 0 Å². The van der Waals surface area contributed by atoms with E-state index in [1.807, 2.05) is 12.3 Å². The highest BCUT2D eigenvalue weighted by molar-refractivity contribution is 5.78. The second kappa shape index (κ2) is 7.05. The van der Waals surface area contributed by atoms with E-state index in [1.165, 1.54) is 44.5 Å². The molecule has 0 atom stereocenters. The normalized spacial score (nSPS) is 17.5. The number of anilines is 1. The average molecular weight is 391 g/mol. The number of terminal acetylenes is 1. The van der Waals surface area contributed by atoms with E-state index in [9.17, 15) is 4.39 Å². The van der Waals surface area contributed by atoms with Crippen molar-refractivity contribution in [2.24, 2.45) is 5.41 Å². The maximum Gasteiger partial charge on any atom is 0.165 e. The minimum Gasteiger partial charge on any atom is -0.408 e. The summed E-state index contributed by atoms with van der Waals surface area (Å²) in [7, 11) is 0. The van der Waals surface area contributed by atoms with Crippen LogP contribution in [0.4, 0.5) is 10.2 Å². The standard InChI is InChI=1S/C22H22FN5O/c1-2-29-16-3-4-19(23)17(13-16)18-14-25-28-10-5-20(26-21(18)28)24-9-12-27-11-8-22(15-27)6-7-22/h1,3-5,10,13-14H,6-9,11-12,15H2,(H,24,26). The lowest BCUT2D eigenvalue weighted by atomic mass is 10.1. The van der Waals surface area contributed by atoms with E-state index in [2.05, 4.69) is 26.4 Å². The van der Waals surface area contributed by atoms with Gasteiger partial charge in [0.1, 0.15) is 23.5 Å². The van der Waals surface area contributed by atoms with E-state index >= 15 is 0 Å². The lowest BCUT2D eigenvalue weighted by Gasteiger charge is -2.16. The molecule has 7 heteroatoms. The summed E-state index contributed by atoms with van der Waals surface area (Å²) in [6.07, 6.45) is 14.8. The lowest BCUT2D eigenvalue weighted by Crippen LogP contribution is -2.27. The third-order valence-electron chi connectivity index (χ3n) is 5.98. The maximum absolute atomic E-state index is 14.5. The van der Waals surface area contributed by atoms with Gasteiger partial charge in [-0.15, -0.1) is 0 Å². The van der Waals surface area contributed by atoms with Crippen molar-refractivity contribution in [3.63, 3.8) is 0 Å².